The van der Waals surface area contributed by atoms with Crippen LogP contribution in [0.3, 0.4) is 0 Å². The van der Waals surface area contributed by atoms with Crippen molar-refractivity contribution in [2.24, 2.45) is 22.6 Å². The highest BCUT2D eigenvalue weighted by Gasteiger charge is 2.45. The Morgan fingerprint density at radius 3 is 2.38 bits per heavy atom. The minimum absolute atomic E-state index is 0.00517. The van der Waals surface area contributed by atoms with Crippen molar-refractivity contribution in [3.05, 3.63) is 29.8 Å². The number of aliphatic imine (C=N–C) groups is 1. The van der Waals surface area contributed by atoms with Gasteiger partial charge in [-0.2, -0.15) is 0 Å². The summed E-state index contributed by atoms with van der Waals surface area (Å²) >= 11 is 0. The summed E-state index contributed by atoms with van der Waals surface area (Å²) in [7, 11) is 0. The first-order valence-electron chi connectivity index (χ1n) is 13.9. The summed E-state index contributed by atoms with van der Waals surface area (Å²) in [6.07, 6.45) is 4.94. The maximum absolute atomic E-state index is 13.8. The number of carbonyl (C=O) groups is 4. The van der Waals surface area contributed by atoms with Crippen LogP contribution < -0.4 is 11.1 Å². The summed E-state index contributed by atoms with van der Waals surface area (Å²) in [6.45, 7) is 9.06. The molecule has 1 aromatic rings. The number of carboxylic acid groups (broad SMARTS) is 1. The number of aliphatic hydroxyl groups is 1. The molecule has 6 atom stereocenters. The third-order valence-electron chi connectivity index (χ3n) is 7.59. The lowest BCUT2D eigenvalue weighted by atomic mass is 9.87. The average molecular weight is 545 g/mol. The number of fused-ring (bicyclic) bond motifs is 1. The Bertz CT molecular complexity index is 1060. The van der Waals surface area contributed by atoms with Gasteiger partial charge in [-0.25, -0.2) is 0 Å². The normalized spacial score (nSPS) is 19.9. The number of carboxylic acids is 1. The van der Waals surface area contributed by atoms with E-state index in [0.29, 0.717) is 24.1 Å². The number of aliphatic carboxylic acids is 1. The van der Waals surface area contributed by atoms with Crippen LogP contribution in [0.2, 0.25) is 0 Å². The summed E-state index contributed by atoms with van der Waals surface area (Å²) < 4.78 is 0. The highest BCUT2D eigenvalue weighted by atomic mass is 16.4. The fourth-order valence-corrected chi connectivity index (χ4v) is 4.62. The van der Waals surface area contributed by atoms with E-state index in [0.717, 1.165) is 24.2 Å². The first kappa shape index (κ1) is 32.1. The first-order chi connectivity index (χ1) is 18.4. The maximum atomic E-state index is 13.8. The second-order valence-corrected chi connectivity index (χ2v) is 10.8. The number of nitrogens with zero attached hydrogens (tertiary/aromatic N) is 2. The molecule has 3 amide bonds. The minimum Gasteiger partial charge on any atom is -0.480 e. The van der Waals surface area contributed by atoms with Gasteiger partial charge in [0.15, 0.2) is 0 Å². The number of rotatable bonds is 15. The van der Waals surface area contributed by atoms with Crippen LogP contribution in [0.4, 0.5) is 5.69 Å². The topological polar surface area (TPSA) is 162 Å². The third-order valence-corrected chi connectivity index (χ3v) is 7.59. The molecule has 0 saturated heterocycles. The van der Waals surface area contributed by atoms with Crippen LogP contribution in [0.5, 0.6) is 0 Å². The second-order valence-electron chi connectivity index (χ2n) is 10.8. The molecule has 10 nitrogen and oxygen atoms in total. The van der Waals surface area contributed by atoms with Gasteiger partial charge in [0.2, 0.25) is 17.7 Å². The molecule has 5 N–H and O–H groups in total. The van der Waals surface area contributed by atoms with E-state index in [1.54, 1.807) is 31.2 Å². The predicted molar refractivity (Wildman–Crippen MR) is 149 cm³/mol. The number of para-hydroxylation sites is 1. The molecule has 0 bridgehead atoms. The first-order valence-corrected chi connectivity index (χ1v) is 13.9. The van der Waals surface area contributed by atoms with Crippen molar-refractivity contribution in [1.82, 2.24) is 10.2 Å². The molecule has 0 radical (unpaired) electrons. The Morgan fingerprint density at radius 1 is 1.10 bits per heavy atom. The van der Waals surface area contributed by atoms with Gasteiger partial charge in [-0.05, 0) is 31.2 Å². The second kappa shape index (κ2) is 14.3. The fourth-order valence-electron chi connectivity index (χ4n) is 4.62. The Hall–Kier alpha value is -3.11. The molecule has 10 heteroatoms. The van der Waals surface area contributed by atoms with Crippen LogP contribution in [-0.4, -0.2) is 63.1 Å². The van der Waals surface area contributed by atoms with Gasteiger partial charge in [0, 0.05) is 24.6 Å². The van der Waals surface area contributed by atoms with Crippen molar-refractivity contribution < 1.29 is 29.4 Å². The quantitative estimate of drug-likeness (QED) is 0.263. The van der Waals surface area contributed by atoms with E-state index in [9.17, 15) is 29.4 Å². The molecule has 0 unspecified atom stereocenters. The number of hydrogen-bond acceptors (Lipinski definition) is 7. The molecule has 0 fully saturated rings. The largest absolute Gasteiger partial charge is 0.480 e. The molecule has 1 aliphatic rings. The number of nitrogens with two attached hydrogens (primary N) is 1. The molecule has 0 saturated carbocycles. The lowest BCUT2D eigenvalue weighted by Gasteiger charge is -2.36. The lowest BCUT2D eigenvalue weighted by molar-refractivity contribution is -0.155. The van der Waals surface area contributed by atoms with Crippen LogP contribution in [0.25, 0.3) is 0 Å². The van der Waals surface area contributed by atoms with Gasteiger partial charge in [-0.3, -0.25) is 29.1 Å². The highest BCUT2D eigenvalue weighted by molar-refractivity contribution is 6.03. The predicted octanol–water partition coefficient (Wildman–Crippen LogP) is 3.27. The van der Waals surface area contributed by atoms with E-state index in [1.807, 2.05) is 13.8 Å². The third kappa shape index (κ3) is 8.19. The van der Waals surface area contributed by atoms with Crippen LogP contribution in [0, 0.1) is 11.8 Å². The molecule has 0 aliphatic carbocycles. The summed E-state index contributed by atoms with van der Waals surface area (Å²) in [4.78, 5) is 57.7. The molecule has 2 rings (SSSR count). The van der Waals surface area contributed by atoms with Gasteiger partial charge in [-0.1, -0.05) is 71.6 Å². The maximum Gasteiger partial charge on any atom is 0.325 e. The monoisotopic (exact) mass is 544 g/mol. The number of amides is 3. The van der Waals surface area contributed by atoms with Gasteiger partial charge in [0.05, 0.1) is 11.7 Å². The molecule has 0 aromatic heterocycles. The van der Waals surface area contributed by atoms with Crippen LogP contribution >= 0.6 is 0 Å². The van der Waals surface area contributed by atoms with Gasteiger partial charge in [0.25, 0.3) is 0 Å². The highest BCUT2D eigenvalue weighted by Crippen LogP contribution is 2.39. The summed E-state index contributed by atoms with van der Waals surface area (Å²) in [6, 6.07) is 2.96. The van der Waals surface area contributed by atoms with Crippen molar-refractivity contribution in [2.75, 3.05) is 0 Å². The zero-order chi connectivity index (χ0) is 29.3. The number of nitrogens with one attached hydrogen (secondary N) is 1. The Morgan fingerprint density at radius 2 is 1.77 bits per heavy atom. The van der Waals surface area contributed by atoms with E-state index in [4.69, 9.17) is 5.73 Å². The zero-order valence-electron chi connectivity index (χ0n) is 23.7. The van der Waals surface area contributed by atoms with Gasteiger partial charge in [-0.15, -0.1) is 0 Å². The lowest BCUT2D eigenvalue weighted by Crippen LogP contribution is -2.60. The van der Waals surface area contributed by atoms with Crippen molar-refractivity contribution in [3.63, 3.8) is 0 Å². The summed E-state index contributed by atoms with van der Waals surface area (Å²) in [5.74, 6) is -3.52. The van der Waals surface area contributed by atoms with Gasteiger partial charge >= 0.3 is 5.97 Å². The molecule has 39 heavy (non-hydrogen) atoms. The summed E-state index contributed by atoms with van der Waals surface area (Å²) in [5, 5.41) is 23.4. The number of hydrogen-bond donors (Lipinski definition) is 4. The van der Waals surface area contributed by atoms with Crippen LogP contribution in [0.15, 0.2) is 29.3 Å². The average Bonchev–Trinajstić information content (AvgIpc) is 3.25. The van der Waals surface area contributed by atoms with E-state index in [-0.39, 0.29) is 18.3 Å². The molecule has 1 aliphatic heterocycles. The van der Waals surface area contributed by atoms with E-state index < -0.39 is 53.8 Å². The van der Waals surface area contributed by atoms with E-state index in [1.165, 1.54) is 13.1 Å². The number of benzene rings is 1. The smallest absolute Gasteiger partial charge is 0.325 e. The standard InChI is InChI=1S/C29H44N4O6/c1-6-8-11-18(3)14-15-24(34)33(27(36)25(30)19(4)7-2)23(26(35)32-20(5)28(37)38)16-29(39)17-31-22-13-10-9-12-21(22)29/h9-10,12-13,17-20,23,25,39H,6-8,11,14-16,30H2,1-5H3,(H,32,35)(H,37,38)/t18-,19-,20-,23+,25+,29+/m0/s1. The van der Waals surface area contributed by atoms with Crippen molar-refractivity contribution in [1.29, 1.82) is 0 Å². The molecular weight excluding hydrogens is 500 g/mol. The molecule has 1 heterocycles. The summed E-state index contributed by atoms with van der Waals surface area (Å²) in [5.41, 5.74) is 5.44. The Labute approximate surface area is 231 Å². The van der Waals surface area contributed by atoms with Crippen molar-refractivity contribution in [2.45, 2.75) is 103 Å². The van der Waals surface area contributed by atoms with E-state index >= 15 is 0 Å². The molecule has 1 aromatic carbocycles. The van der Waals surface area contributed by atoms with Crippen molar-refractivity contribution in [3.8, 4) is 0 Å². The number of imide groups is 1. The minimum atomic E-state index is -1.77. The van der Waals surface area contributed by atoms with Gasteiger partial charge in [0.1, 0.15) is 17.7 Å². The molecular formula is C29H44N4O6. The zero-order valence-corrected chi connectivity index (χ0v) is 23.7. The number of carbonyl (C=O) groups excluding carboxylic acids is 3. The Kier molecular flexibility index (Phi) is 11.8. The fraction of sp³-hybridized carbons (Fsp3) is 0.621. The molecule has 0 spiro atoms. The molecule has 216 valence electrons. The van der Waals surface area contributed by atoms with Gasteiger partial charge < -0.3 is 21.3 Å². The van der Waals surface area contributed by atoms with Crippen LogP contribution in [0.1, 0.15) is 85.1 Å². The Balaban J connectivity index is 2.51. The van der Waals surface area contributed by atoms with Crippen molar-refractivity contribution >= 4 is 35.6 Å². The SMILES string of the molecule is CCCC[C@H](C)CCC(=O)N(C(=O)[C@H](N)[C@@H](C)CC)[C@H](C[C@@]1(O)C=Nc2ccccc21)C(=O)N[C@@H](C)C(=O)O. The van der Waals surface area contributed by atoms with E-state index in [2.05, 4.69) is 17.2 Å². The number of unbranched alkanes of at least 4 members (excludes halogenated alkanes) is 1. The van der Waals surface area contributed by atoms with Crippen LogP contribution in [-0.2, 0) is 24.8 Å².